The normalized spacial score (nSPS) is 16.6. The summed E-state index contributed by atoms with van der Waals surface area (Å²) in [6, 6.07) is 12.7. The predicted molar refractivity (Wildman–Crippen MR) is 163 cm³/mol. The Morgan fingerprint density at radius 3 is 2.61 bits per heavy atom. The van der Waals surface area contributed by atoms with Crippen LogP contribution in [0, 0.1) is 11.3 Å². The molecule has 2 aliphatic heterocycles. The molecular weight excluding hydrogens is 558 g/mol. The predicted octanol–water partition coefficient (Wildman–Crippen LogP) is 5.70. The minimum absolute atomic E-state index is 0.446. The van der Waals surface area contributed by atoms with Gasteiger partial charge in [-0.1, -0.05) is 23.4 Å². The monoisotopic (exact) mass is 589 g/mol. The second kappa shape index (κ2) is 12.2. The molecule has 41 heavy (non-hydrogen) atoms. The van der Waals surface area contributed by atoms with Crippen LogP contribution in [0.5, 0.6) is 5.75 Å². The Labute approximate surface area is 249 Å². The number of nitriles is 1. The number of rotatable bonds is 7. The van der Waals surface area contributed by atoms with E-state index in [1.807, 2.05) is 42.1 Å². The lowest BCUT2D eigenvalue weighted by Crippen LogP contribution is -2.49. The minimum atomic E-state index is 0.446. The average Bonchev–Trinajstić information content (AvgIpc) is 3.42. The van der Waals surface area contributed by atoms with E-state index in [4.69, 9.17) is 21.1 Å². The van der Waals surface area contributed by atoms with Gasteiger partial charge in [-0.25, -0.2) is 4.98 Å². The van der Waals surface area contributed by atoms with Crippen LogP contribution in [0.2, 0.25) is 5.02 Å². The van der Waals surface area contributed by atoms with E-state index in [1.165, 1.54) is 11.8 Å². The summed E-state index contributed by atoms with van der Waals surface area (Å²) in [6.45, 7) is 5.58. The van der Waals surface area contributed by atoms with Crippen LogP contribution in [0.3, 0.4) is 0 Å². The molecule has 212 valence electrons. The van der Waals surface area contributed by atoms with Crippen LogP contribution >= 0.6 is 23.4 Å². The molecule has 0 amide bonds. The number of morpholine rings is 1. The van der Waals surface area contributed by atoms with Gasteiger partial charge in [0.1, 0.15) is 11.8 Å². The second-order valence-corrected chi connectivity index (χ2v) is 11.7. The molecule has 0 radical (unpaired) electrons. The first-order chi connectivity index (χ1) is 20.0. The lowest BCUT2D eigenvalue weighted by Gasteiger charge is -2.41. The van der Waals surface area contributed by atoms with Crippen molar-refractivity contribution in [3.8, 4) is 11.8 Å². The summed E-state index contributed by atoms with van der Waals surface area (Å²) >= 11 is 8.16. The van der Waals surface area contributed by atoms with Crippen LogP contribution in [-0.2, 0) is 11.8 Å². The van der Waals surface area contributed by atoms with E-state index in [2.05, 4.69) is 37.2 Å². The lowest BCUT2D eigenvalue weighted by atomic mass is 10.0. The number of ether oxygens (including phenoxy) is 2. The molecule has 2 aromatic carbocycles. The highest BCUT2D eigenvalue weighted by molar-refractivity contribution is 7.99. The quantitative estimate of drug-likeness (QED) is 0.291. The number of hydrogen-bond acceptors (Lipinski definition) is 9. The SMILES string of the molecule is COc1cc2c(Nc3ccc(Sc4nccn4C)c(Cl)c3)c(C#N)cnc2cc1N1CCC(N2CCOCC2)CC1. The van der Waals surface area contributed by atoms with Crippen molar-refractivity contribution in [2.75, 3.05) is 56.7 Å². The van der Waals surface area contributed by atoms with E-state index in [-0.39, 0.29) is 0 Å². The van der Waals surface area contributed by atoms with Gasteiger partial charge in [-0.05, 0) is 43.2 Å². The van der Waals surface area contributed by atoms with Crippen LogP contribution in [0.25, 0.3) is 10.9 Å². The topological polar surface area (TPSA) is 91.5 Å². The molecule has 0 saturated carbocycles. The van der Waals surface area contributed by atoms with Crippen molar-refractivity contribution in [2.45, 2.75) is 28.9 Å². The van der Waals surface area contributed by atoms with Crippen LogP contribution in [0.15, 0.2) is 59.0 Å². The standard InChI is InChI=1S/C30H32ClN7O2S/c1-36-10-7-33-30(36)41-28-4-3-21(15-24(28)31)35-29-20(18-32)19-34-25-17-26(27(39-2)16-23(25)29)38-8-5-22(6-9-38)37-11-13-40-14-12-37/h3-4,7,10,15-17,19,22H,5-6,8-9,11-14H2,1-2H3,(H,34,35). The zero-order valence-electron chi connectivity index (χ0n) is 23.1. The zero-order chi connectivity index (χ0) is 28.3. The Morgan fingerprint density at radius 1 is 1.12 bits per heavy atom. The maximum atomic E-state index is 9.92. The van der Waals surface area contributed by atoms with Crippen molar-refractivity contribution in [3.05, 3.63) is 59.5 Å². The molecule has 4 aromatic rings. The molecule has 0 bridgehead atoms. The number of halogens is 1. The van der Waals surface area contributed by atoms with Crippen LogP contribution < -0.4 is 15.0 Å². The van der Waals surface area contributed by atoms with Crippen molar-refractivity contribution >= 4 is 51.3 Å². The summed E-state index contributed by atoms with van der Waals surface area (Å²) in [4.78, 5) is 14.9. The molecule has 1 N–H and O–H groups in total. The average molecular weight is 590 g/mol. The van der Waals surface area contributed by atoms with Gasteiger partial charge in [0, 0.05) is 73.8 Å². The fourth-order valence-electron chi connectivity index (χ4n) is 5.61. The van der Waals surface area contributed by atoms with Crippen LogP contribution in [0.1, 0.15) is 18.4 Å². The molecule has 4 heterocycles. The maximum Gasteiger partial charge on any atom is 0.172 e. The van der Waals surface area contributed by atoms with E-state index in [0.29, 0.717) is 22.3 Å². The lowest BCUT2D eigenvalue weighted by molar-refractivity contribution is 0.0115. The van der Waals surface area contributed by atoms with E-state index < -0.39 is 0 Å². The third-order valence-corrected chi connectivity index (χ3v) is 9.41. The van der Waals surface area contributed by atoms with E-state index in [9.17, 15) is 5.26 Å². The summed E-state index contributed by atoms with van der Waals surface area (Å²) in [5.74, 6) is 0.766. The second-order valence-electron chi connectivity index (χ2n) is 10.3. The Kier molecular flexibility index (Phi) is 8.21. The van der Waals surface area contributed by atoms with Crippen molar-refractivity contribution in [1.29, 1.82) is 5.26 Å². The molecule has 11 heteroatoms. The molecule has 0 spiro atoms. The van der Waals surface area contributed by atoms with Gasteiger partial charge in [-0.3, -0.25) is 9.88 Å². The minimum Gasteiger partial charge on any atom is -0.495 e. The van der Waals surface area contributed by atoms with E-state index in [0.717, 1.165) is 90.3 Å². The first kappa shape index (κ1) is 27.7. The number of pyridine rings is 1. The van der Waals surface area contributed by atoms with Crippen molar-refractivity contribution < 1.29 is 9.47 Å². The molecule has 6 rings (SSSR count). The zero-order valence-corrected chi connectivity index (χ0v) is 24.7. The number of piperidine rings is 1. The molecule has 9 nitrogen and oxygen atoms in total. The summed E-state index contributed by atoms with van der Waals surface area (Å²) in [5, 5.41) is 15.6. The molecule has 2 fully saturated rings. The van der Waals surface area contributed by atoms with Crippen molar-refractivity contribution in [1.82, 2.24) is 19.4 Å². The Morgan fingerprint density at radius 2 is 1.93 bits per heavy atom. The van der Waals surface area contributed by atoms with E-state index >= 15 is 0 Å². The number of anilines is 3. The largest absolute Gasteiger partial charge is 0.495 e. The fraction of sp³-hybridized carbons (Fsp3) is 0.367. The molecule has 0 aliphatic carbocycles. The van der Waals surface area contributed by atoms with Gasteiger partial charge >= 0.3 is 0 Å². The first-order valence-corrected chi connectivity index (χ1v) is 14.9. The molecule has 0 atom stereocenters. The van der Waals surface area contributed by atoms with Gasteiger partial charge in [0.15, 0.2) is 5.16 Å². The number of aromatic nitrogens is 3. The molecule has 2 aliphatic rings. The first-order valence-electron chi connectivity index (χ1n) is 13.7. The summed E-state index contributed by atoms with van der Waals surface area (Å²) in [6.07, 6.45) is 7.49. The highest BCUT2D eigenvalue weighted by Crippen LogP contribution is 2.40. The van der Waals surface area contributed by atoms with Crippen molar-refractivity contribution in [2.24, 2.45) is 7.05 Å². The Balaban J connectivity index is 1.26. The summed E-state index contributed by atoms with van der Waals surface area (Å²) < 4.78 is 13.4. The number of nitrogens with one attached hydrogen (secondary N) is 1. The van der Waals surface area contributed by atoms with E-state index in [1.54, 1.807) is 19.5 Å². The Hall–Kier alpha value is -3.49. The number of imidazole rings is 1. The van der Waals surface area contributed by atoms with Crippen LogP contribution in [-0.4, -0.2) is 72.0 Å². The molecular formula is C30H32ClN7O2S. The Bertz CT molecular complexity index is 1590. The molecule has 2 aromatic heterocycles. The summed E-state index contributed by atoms with van der Waals surface area (Å²) in [7, 11) is 3.64. The maximum absolute atomic E-state index is 9.92. The van der Waals surface area contributed by atoms with Gasteiger partial charge < -0.3 is 24.3 Å². The highest BCUT2D eigenvalue weighted by Gasteiger charge is 2.27. The molecule has 2 saturated heterocycles. The fourth-order valence-corrected chi connectivity index (χ4v) is 6.71. The van der Waals surface area contributed by atoms with Gasteiger partial charge in [0.05, 0.1) is 47.8 Å². The smallest absolute Gasteiger partial charge is 0.172 e. The third-order valence-electron chi connectivity index (χ3n) is 7.84. The van der Waals surface area contributed by atoms with Crippen molar-refractivity contribution in [3.63, 3.8) is 0 Å². The van der Waals surface area contributed by atoms with Gasteiger partial charge in [-0.2, -0.15) is 5.26 Å². The highest BCUT2D eigenvalue weighted by atomic mass is 35.5. The number of fused-ring (bicyclic) bond motifs is 1. The van der Waals surface area contributed by atoms with Crippen LogP contribution in [0.4, 0.5) is 17.1 Å². The number of methoxy groups -OCH3 is 1. The van der Waals surface area contributed by atoms with Gasteiger partial charge in [-0.15, -0.1) is 0 Å². The number of nitrogens with zero attached hydrogens (tertiary/aromatic N) is 6. The number of hydrogen-bond donors (Lipinski definition) is 1. The number of benzene rings is 2. The van der Waals surface area contributed by atoms with Gasteiger partial charge in [0.2, 0.25) is 0 Å². The third kappa shape index (κ3) is 5.81. The van der Waals surface area contributed by atoms with Gasteiger partial charge in [0.25, 0.3) is 0 Å². The summed E-state index contributed by atoms with van der Waals surface area (Å²) in [5.41, 5.74) is 3.72. The molecule has 0 unspecified atom stereocenters. The number of aryl methyl sites for hydroxylation is 1.